The molecule has 2 atom stereocenters. The Morgan fingerprint density at radius 3 is 2.94 bits per heavy atom. The average molecular weight is 316 g/mol. The third-order valence-corrected chi connectivity index (χ3v) is 4.52. The molecule has 0 spiro atoms. The number of anilines is 1. The summed E-state index contributed by atoms with van der Waals surface area (Å²) < 4.78 is 14.3. The fourth-order valence-electron chi connectivity index (χ4n) is 1.67. The molecule has 1 aromatic heterocycles. The van der Waals surface area contributed by atoms with Crippen LogP contribution in [-0.2, 0) is 17.3 Å². The minimum atomic E-state index is -0.867. The number of halogens is 1. The van der Waals surface area contributed by atoms with Crippen molar-refractivity contribution in [3.8, 4) is 0 Å². The number of nitrogens with zero attached hydrogens (tertiary/aromatic N) is 2. The average Bonchev–Trinajstić information content (AvgIpc) is 2.55. The van der Waals surface area contributed by atoms with Crippen molar-refractivity contribution in [2.45, 2.75) is 18.7 Å². The molecule has 0 bridgehead atoms. The summed E-state index contributed by atoms with van der Waals surface area (Å²) >= 11 is 3.43. The lowest BCUT2D eigenvalue weighted by atomic mass is 10.3. The van der Waals surface area contributed by atoms with Crippen LogP contribution in [0.1, 0.15) is 6.92 Å². The Labute approximate surface area is 111 Å². The zero-order valence-corrected chi connectivity index (χ0v) is 12.1. The van der Waals surface area contributed by atoms with E-state index in [1.807, 2.05) is 29.7 Å². The Morgan fingerprint density at radius 1 is 1.59 bits per heavy atom. The normalized spacial score (nSPS) is 15.0. The van der Waals surface area contributed by atoms with Crippen molar-refractivity contribution in [2.24, 2.45) is 0 Å². The molecule has 2 N–H and O–H groups in total. The summed E-state index contributed by atoms with van der Waals surface area (Å²) in [5.74, 6) is 0.468. The van der Waals surface area contributed by atoms with Gasteiger partial charge in [-0.1, -0.05) is 15.9 Å². The zero-order valence-electron chi connectivity index (χ0n) is 9.68. The van der Waals surface area contributed by atoms with Gasteiger partial charge in [-0.25, -0.2) is 4.98 Å². The standard InChI is InChI=1S/C11H14BrN3OS/c1-7(17(2)16)6-15-10-5-8(12)3-4-9(10)14-11(15)13/h3-5,7H,6H2,1-2H3,(H2,13,14). The molecule has 0 saturated carbocycles. The van der Waals surface area contributed by atoms with Gasteiger partial charge in [0.1, 0.15) is 0 Å². The topological polar surface area (TPSA) is 60.9 Å². The van der Waals surface area contributed by atoms with Crippen molar-refractivity contribution >= 4 is 43.7 Å². The molecule has 17 heavy (non-hydrogen) atoms. The largest absolute Gasteiger partial charge is 0.369 e. The van der Waals surface area contributed by atoms with Crippen LogP contribution in [0.2, 0.25) is 0 Å². The number of nitrogen functional groups attached to an aromatic ring is 1. The lowest BCUT2D eigenvalue weighted by molar-refractivity contribution is 0.653. The minimum Gasteiger partial charge on any atom is -0.369 e. The van der Waals surface area contributed by atoms with E-state index in [0.29, 0.717) is 12.5 Å². The molecule has 2 aromatic rings. The minimum absolute atomic E-state index is 0.0497. The first-order chi connectivity index (χ1) is 7.99. The lowest BCUT2D eigenvalue weighted by Gasteiger charge is -2.11. The molecule has 92 valence electrons. The lowest BCUT2D eigenvalue weighted by Crippen LogP contribution is -2.18. The Balaban J connectivity index is 2.48. The number of hydrogen-bond acceptors (Lipinski definition) is 3. The quantitative estimate of drug-likeness (QED) is 0.944. The van der Waals surface area contributed by atoms with Gasteiger partial charge >= 0.3 is 0 Å². The summed E-state index contributed by atoms with van der Waals surface area (Å²) in [5, 5.41) is 0.0497. The molecule has 6 heteroatoms. The Kier molecular flexibility index (Phi) is 3.53. The summed E-state index contributed by atoms with van der Waals surface area (Å²) in [7, 11) is -0.867. The van der Waals surface area contributed by atoms with E-state index in [-0.39, 0.29) is 5.25 Å². The number of rotatable bonds is 3. The van der Waals surface area contributed by atoms with Gasteiger partial charge in [-0.3, -0.25) is 4.21 Å². The maximum atomic E-state index is 11.4. The molecule has 1 heterocycles. The van der Waals surface area contributed by atoms with Gasteiger partial charge in [-0.2, -0.15) is 0 Å². The molecule has 2 unspecified atom stereocenters. The van der Waals surface area contributed by atoms with Gasteiger partial charge in [0.05, 0.1) is 11.0 Å². The van der Waals surface area contributed by atoms with Crippen molar-refractivity contribution < 1.29 is 4.21 Å². The van der Waals surface area contributed by atoms with Gasteiger partial charge < -0.3 is 10.3 Å². The van der Waals surface area contributed by atoms with Gasteiger partial charge in [0.15, 0.2) is 0 Å². The van der Waals surface area contributed by atoms with Crippen molar-refractivity contribution in [1.29, 1.82) is 0 Å². The highest BCUT2D eigenvalue weighted by Gasteiger charge is 2.13. The molecule has 0 aliphatic carbocycles. The van der Waals surface area contributed by atoms with Gasteiger partial charge in [0.25, 0.3) is 0 Å². The highest BCUT2D eigenvalue weighted by atomic mass is 79.9. The van der Waals surface area contributed by atoms with E-state index in [2.05, 4.69) is 20.9 Å². The maximum Gasteiger partial charge on any atom is 0.201 e. The Bertz CT molecular complexity index is 581. The van der Waals surface area contributed by atoms with Crippen molar-refractivity contribution in [3.05, 3.63) is 22.7 Å². The van der Waals surface area contributed by atoms with Crippen molar-refractivity contribution in [2.75, 3.05) is 12.0 Å². The summed E-state index contributed by atoms with van der Waals surface area (Å²) in [6, 6.07) is 5.82. The number of imidazole rings is 1. The molecule has 2 rings (SSSR count). The Morgan fingerprint density at radius 2 is 2.29 bits per heavy atom. The van der Waals surface area contributed by atoms with E-state index in [0.717, 1.165) is 15.5 Å². The second-order valence-electron chi connectivity index (χ2n) is 4.02. The molecule has 0 aliphatic rings. The Hall–Kier alpha value is -0.880. The van der Waals surface area contributed by atoms with Crippen LogP contribution in [0.15, 0.2) is 22.7 Å². The predicted octanol–water partition coefficient (Wildman–Crippen LogP) is 2.15. The number of fused-ring (bicyclic) bond motifs is 1. The van der Waals surface area contributed by atoms with Crippen LogP contribution in [0.5, 0.6) is 0 Å². The molecule has 4 nitrogen and oxygen atoms in total. The first-order valence-corrected chi connectivity index (χ1v) is 7.64. The van der Waals surface area contributed by atoms with Crippen LogP contribution >= 0.6 is 15.9 Å². The maximum absolute atomic E-state index is 11.4. The molecule has 1 aromatic carbocycles. The second kappa shape index (κ2) is 4.78. The zero-order chi connectivity index (χ0) is 12.6. The second-order valence-corrected chi connectivity index (χ2v) is 6.74. The van der Waals surface area contributed by atoms with Crippen molar-refractivity contribution in [1.82, 2.24) is 9.55 Å². The summed E-state index contributed by atoms with van der Waals surface area (Å²) in [6.45, 7) is 2.56. The van der Waals surface area contributed by atoms with E-state index in [9.17, 15) is 4.21 Å². The van der Waals surface area contributed by atoms with Gasteiger partial charge in [0.2, 0.25) is 5.95 Å². The number of benzene rings is 1. The van der Waals surface area contributed by atoms with Crippen LogP contribution in [0.3, 0.4) is 0 Å². The molecule has 0 aliphatic heterocycles. The third-order valence-electron chi connectivity index (χ3n) is 2.75. The molecular formula is C11H14BrN3OS. The monoisotopic (exact) mass is 315 g/mol. The summed E-state index contributed by atoms with van der Waals surface area (Å²) in [4.78, 5) is 4.29. The SMILES string of the molecule is CC(Cn1c(N)nc2ccc(Br)cc21)S(C)=O. The molecular weight excluding hydrogens is 302 g/mol. The summed E-state index contributed by atoms with van der Waals surface area (Å²) in [6.07, 6.45) is 1.70. The van der Waals surface area contributed by atoms with E-state index in [1.165, 1.54) is 0 Å². The summed E-state index contributed by atoms with van der Waals surface area (Å²) in [5.41, 5.74) is 7.72. The highest BCUT2D eigenvalue weighted by molar-refractivity contribution is 9.10. The van der Waals surface area contributed by atoms with Gasteiger partial charge in [-0.15, -0.1) is 0 Å². The number of hydrogen-bond donors (Lipinski definition) is 1. The number of aromatic nitrogens is 2. The fraction of sp³-hybridized carbons (Fsp3) is 0.364. The molecule has 0 saturated heterocycles. The van der Waals surface area contributed by atoms with E-state index >= 15 is 0 Å². The molecule has 0 radical (unpaired) electrons. The van der Waals surface area contributed by atoms with Crippen LogP contribution in [0, 0.1) is 0 Å². The van der Waals surface area contributed by atoms with Crippen molar-refractivity contribution in [3.63, 3.8) is 0 Å². The molecule has 0 amide bonds. The van der Waals surface area contributed by atoms with Gasteiger partial charge in [0, 0.05) is 33.3 Å². The van der Waals surface area contributed by atoms with Crippen LogP contribution in [0.4, 0.5) is 5.95 Å². The van der Waals surface area contributed by atoms with Crippen LogP contribution in [0.25, 0.3) is 11.0 Å². The van der Waals surface area contributed by atoms with E-state index in [1.54, 1.807) is 6.26 Å². The van der Waals surface area contributed by atoms with Gasteiger partial charge in [-0.05, 0) is 25.1 Å². The molecule has 0 fully saturated rings. The van der Waals surface area contributed by atoms with Crippen LogP contribution < -0.4 is 5.73 Å². The third kappa shape index (κ3) is 2.52. The number of nitrogens with two attached hydrogens (primary N) is 1. The smallest absolute Gasteiger partial charge is 0.201 e. The first-order valence-electron chi connectivity index (χ1n) is 5.22. The first kappa shape index (κ1) is 12.6. The van der Waals surface area contributed by atoms with E-state index < -0.39 is 10.8 Å². The highest BCUT2D eigenvalue weighted by Crippen LogP contribution is 2.22. The predicted molar refractivity (Wildman–Crippen MR) is 75.4 cm³/mol. The fourth-order valence-corrected chi connectivity index (χ4v) is 2.38. The van der Waals surface area contributed by atoms with E-state index in [4.69, 9.17) is 5.73 Å². The van der Waals surface area contributed by atoms with Crippen LogP contribution in [-0.4, -0.2) is 25.3 Å².